The van der Waals surface area contributed by atoms with Gasteiger partial charge in [0.2, 0.25) is 0 Å². The molecule has 4 nitrogen and oxygen atoms in total. The van der Waals surface area contributed by atoms with Crippen molar-refractivity contribution in [3.05, 3.63) is 70.3 Å². The second kappa shape index (κ2) is 9.46. The first-order valence-corrected chi connectivity index (χ1v) is 12.4. The second-order valence-electron chi connectivity index (χ2n) is 9.76. The van der Waals surface area contributed by atoms with Gasteiger partial charge in [0.05, 0.1) is 11.6 Å². The van der Waals surface area contributed by atoms with Gasteiger partial charge in [0.15, 0.2) is 0 Å². The van der Waals surface area contributed by atoms with Gasteiger partial charge < -0.3 is 4.90 Å². The Kier molecular flexibility index (Phi) is 6.28. The number of hydrogen-bond acceptors (Lipinski definition) is 3. The molecule has 1 saturated carbocycles. The normalized spacial score (nSPS) is 20.5. The lowest BCUT2D eigenvalue weighted by Crippen LogP contribution is -2.37. The molecule has 2 fully saturated rings. The number of nitrogens with zero attached hydrogens (tertiary/aromatic N) is 3. The number of rotatable bonds is 3. The minimum Gasteiger partial charge on any atom is -0.339 e. The Morgan fingerprint density at radius 2 is 1.53 bits per heavy atom. The molecule has 1 amide bonds. The molecule has 4 heteroatoms. The van der Waals surface area contributed by atoms with E-state index in [9.17, 15) is 4.79 Å². The highest BCUT2D eigenvalue weighted by atomic mass is 16.2. The van der Waals surface area contributed by atoms with Crippen molar-refractivity contribution in [3.63, 3.8) is 0 Å². The zero-order valence-electron chi connectivity index (χ0n) is 18.9. The van der Waals surface area contributed by atoms with Crippen molar-refractivity contribution in [1.29, 1.82) is 5.26 Å². The number of likely N-dealkylation sites (tertiary alicyclic amines) is 1. The molecule has 3 aliphatic rings. The Morgan fingerprint density at radius 3 is 2.22 bits per heavy atom. The van der Waals surface area contributed by atoms with E-state index in [2.05, 4.69) is 29.2 Å². The fourth-order valence-electron chi connectivity index (χ4n) is 5.94. The molecule has 0 spiro atoms. The third-order valence-electron chi connectivity index (χ3n) is 7.92. The van der Waals surface area contributed by atoms with Crippen molar-refractivity contribution in [2.24, 2.45) is 0 Å². The van der Waals surface area contributed by atoms with E-state index in [0.29, 0.717) is 17.0 Å². The van der Waals surface area contributed by atoms with Crippen LogP contribution in [0.5, 0.6) is 0 Å². The number of nitriles is 1. The fraction of sp³-hybridized carbons (Fsp3) is 0.500. The molecule has 0 aromatic heterocycles. The molecule has 2 aromatic rings. The summed E-state index contributed by atoms with van der Waals surface area (Å²) in [5, 5.41) is 8.96. The lowest BCUT2D eigenvalue weighted by atomic mass is 9.86. The number of carbonyl (C=O) groups excluding carboxylic acids is 1. The summed E-state index contributed by atoms with van der Waals surface area (Å²) in [6.45, 7) is 4.03. The van der Waals surface area contributed by atoms with Crippen molar-refractivity contribution in [2.45, 2.75) is 63.3 Å². The average Bonchev–Trinajstić information content (AvgIpc) is 3.31. The highest BCUT2D eigenvalue weighted by molar-refractivity contribution is 5.94. The standard InChI is InChI=1S/C28H33N3O/c29-20-21-5-7-24(8-6-21)28(32)31-17-12-23(13-18-31)25-10-9-22-11-15-30(16-14-26(22)19-25)27-3-1-2-4-27/h5-10,19,23,27H,1-4,11-18H2. The molecule has 0 atom stereocenters. The van der Waals surface area contributed by atoms with E-state index >= 15 is 0 Å². The summed E-state index contributed by atoms with van der Waals surface area (Å²) >= 11 is 0. The van der Waals surface area contributed by atoms with Crippen LogP contribution < -0.4 is 0 Å². The van der Waals surface area contributed by atoms with Crippen molar-refractivity contribution < 1.29 is 4.79 Å². The van der Waals surface area contributed by atoms with E-state index in [1.165, 1.54) is 57.2 Å². The smallest absolute Gasteiger partial charge is 0.253 e. The molecule has 1 aliphatic carbocycles. The Morgan fingerprint density at radius 1 is 0.844 bits per heavy atom. The summed E-state index contributed by atoms with van der Waals surface area (Å²) in [6.07, 6.45) is 10.0. The van der Waals surface area contributed by atoms with Crippen LogP contribution in [-0.2, 0) is 12.8 Å². The maximum atomic E-state index is 12.9. The van der Waals surface area contributed by atoms with Crippen molar-refractivity contribution in [2.75, 3.05) is 26.2 Å². The Balaban J connectivity index is 1.20. The molecule has 166 valence electrons. The first kappa shape index (κ1) is 21.2. The second-order valence-corrected chi connectivity index (χ2v) is 9.76. The Bertz CT molecular complexity index is 992. The van der Waals surface area contributed by atoms with Crippen LogP contribution in [0.2, 0.25) is 0 Å². The van der Waals surface area contributed by atoms with Gasteiger partial charge in [-0.05, 0) is 85.4 Å². The molecule has 0 bridgehead atoms. The van der Waals surface area contributed by atoms with Gasteiger partial charge in [0, 0.05) is 37.8 Å². The Hall–Kier alpha value is -2.64. The van der Waals surface area contributed by atoms with E-state index in [4.69, 9.17) is 5.26 Å². The van der Waals surface area contributed by atoms with Gasteiger partial charge in [0.25, 0.3) is 5.91 Å². The van der Waals surface area contributed by atoms with E-state index in [0.717, 1.165) is 32.0 Å². The minimum absolute atomic E-state index is 0.0851. The van der Waals surface area contributed by atoms with Crippen LogP contribution in [0.25, 0.3) is 0 Å². The maximum Gasteiger partial charge on any atom is 0.253 e. The van der Waals surface area contributed by atoms with Gasteiger partial charge in [0.1, 0.15) is 0 Å². The summed E-state index contributed by atoms with van der Waals surface area (Å²) in [6, 6.07) is 17.2. The van der Waals surface area contributed by atoms with E-state index in [1.807, 2.05) is 4.90 Å². The predicted octanol–water partition coefficient (Wildman–Crippen LogP) is 4.92. The molecular formula is C28H33N3O. The molecule has 0 unspecified atom stereocenters. The van der Waals surface area contributed by atoms with Crippen LogP contribution in [0.15, 0.2) is 42.5 Å². The van der Waals surface area contributed by atoms with Crippen LogP contribution in [0.4, 0.5) is 0 Å². The van der Waals surface area contributed by atoms with Crippen molar-refractivity contribution in [3.8, 4) is 6.07 Å². The first-order valence-electron chi connectivity index (χ1n) is 12.4. The van der Waals surface area contributed by atoms with Gasteiger partial charge in [-0.1, -0.05) is 31.0 Å². The van der Waals surface area contributed by atoms with E-state index in [1.54, 1.807) is 35.4 Å². The lowest BCUT2D eigenvalue weighted by molar-refractivity contribution is 0.0713. The third-order valence-corrected chi connectivity index (χ3v) is 7.92. The molecule has 32 heavy (non-hydrogen) atoms. The molecule has 2 aromatic carbocycles. The van der Waals surface area contributed by atoms with Crippen LogP contribution in [0.3, 0.4) is 0 Å². The molecule has 0 N–H and O–H groups in total. The van der Waals surface area contributed by atoms with Gasteiger partial charge in [-0.25, -0.2) is 0 Å². The third kappa shape index (κ3) is 4.45. The monoisotopic (exact) mass is 427 g/mol. The minimum atomic E-state index is 0.0851. The van der Waals surface area contributed by atoms with Crippen LogP contribution in [-0.4, -0.2) is 47.9 Å². The van der Waals surface area contributed by atoms with Crippen LogP contribution >= 0.6 is 0 Å². The highest BCUT2D eigenvalue weighted by Gasteiger charge is 2.27. The summed E-state index contributed by atoms with van der Waals surface area (Å²) in [5.41, 5.74) is 5.83. The summed E-state index contributed by atoms with van der Waals surface area (Å²) < 4.78 is 0. The number of carbonyl (C=O) groups is 1. The fourth-order valence-corrected chi connectivity index (χ4v) is 5.94. The van der Waals surface area contributed by atoms with E-state index < -0.39 is 0 Å². The molecule has 2 heterocycles. The van der Waals surface area contributed by atoms with Gasteiger partial charge in [-0.15, -0.1) is 0 Å². The largest absolute Gasteiger partial charge is 0.339 e. The number of hydrogen-bond donors (Lipinski definition) is 0. The van der Waals surface area contributed by atoms with Crippen molar-refractivity contribution in [1.82, 2.24) is 9.80 Å². The quantitative estimate of drug-likeness (QED) is 0.698. The van der Waals surface area contributed by atoms with E-state index in [-0.39, 0.29) is 5.91 Å². The zero-order valence-corrected chi connectivity index (χ0v) is 18.9. The predicted molar refractivity (Wildman–Crippen MR) is 127 cm³/mol. The average molecular weight is 428 g/mol. The highest BCUT2D eigenvalue weighted by Crippen LogP contribution is 2.32. The number of amides is 1. The lowest BCUT2D eigenvalue weighted by Gasteiger charge is -2.32. The molecule has 1 saturated heterocycles. The summed E-state index contributed by atoms with van der Waals surface area (Å²) in [4.78, 5) is 17.6. The van der Waals surface area contributed by atoms with Crippen molar-refractivity contribution >= 4 is 5.91 Å². The number of benzene rings is 2. The summed E-state index contributed by atoms with van der Waals surface area (Å²) in [7, 11) is 0. The molecule has 2 aliphatic heterocycles. The molecule has 5 rings (SSSR count). The topological polar surface area (TPSA) is 47.3 Å². The Labute approximate surface area is 191 Å². The van der Waals surface area contributed by atoms with Crippen LogP contribution in [0.1, 0.15) is 77.1 Å². The van der Waals surface area contributed by atoms with Gasteiger partial charge in [-0.2, -0.15) is 5.26 Å². The SMILES string of the molecule is N#Cc1ccc(C(=O)N2CCC(c3ccc4c(c3)CCN(C3CCCC3)CC4)CC2)cc1. The number of piperidine rings is 1. The molecular weight excluding hydrogens is 394 g/mol. The zero-order chi connectivity index (χ0) is 21.9. The van der Waals surface area contributed by atoms with Crippen LogP contribution in [0, 0.1) is 11.3 Å². The van der Waals surface area contributed by atoms with Gasteiger partial charge >= 0.3 is 0 Å². The summed E-state index contributed by atoms with van der Waals surface area (Å²) in [5.74, 6) is 0.626. The molecule has 0 radical (unpaired) electrons. The first-order chi connectivity index (χ1) is 15.7. The maximum absolute atomic E-state index is 12.9. The number of fused-ring (bicyclic) bond motifs is 1. The van der Waals surface area contributed by atoms with Gasteiger partial charge in [-0.3, -0.25) is 9.69 Å².